The number of hydrogen-bond acceptors (Lipinski definition) is 6. The molecule has 0 unspecified atom stereocenters. The second-order valence-electron chi connectivity index (χ2n) is 12.2. The number of benzene rings is 2. The summed E-state index contributed by atoms with van der Waals surface area (Å²) in [5.41, 5.74) is 3.84. The molecule has 3 aromatic rings. The molecule has 1 aromatic heterocycles. The van der Waals surface area contributed by atoms with Crippen molar-refractivity contribution in [2.45, 2.75) is 43.6 Å². The number of rotatable bonds is 6. The number of nitrogens with zero attached hydrogens (tertiary/aromatic N) is 4. The molecule has 0 radical (unpaired) electrons. The molecule has 1 aliphatic heterocycles. The normalized spacial score (nSPS) is 28.2. The molecule has 1 saturated heterocycles. The van der Waals surface area contributed by atoms with Crippen LogP contribution in [-0.4, -0.2) is 54.9 Å². The Kier molecular flexibility index (Phi) is 6.38. The van der Waals surface area contributed by atoms with Gasteiger partial charge in [-0.05, 0) is 85.9 Å². The Hall–Kier alpha value is -3.39. The van der Waals surface area contributed by atoms with Gasteiger partial charge in [-0.15, -0.1) is 0 Å². The number of fused-ring (bicyclic) bond motifs is 1. The number of nitrogens with one attached hydrogen (secondary N) is 1. The molecule has 3 saturated carbocycles. The van der Waals surface area contributed by atoms with Gasteiger partial charge >= 0.3 is 0 Å². The van der Waals surface area contributed by atoms with Crippen LogP contribution in [0.1, 0.15) is 43.7 Å². The van der Waals surface area contributed by atoms with E-state index in [2.05, 4.69) is 40.6 Å². The molecular formula is C31H34FN5O3S. The fraction of sp³-hybridized carbons (Fsp3) is 0.452. The zero-order chi connectivity index (χ0) is 28.4. The monoisotopic (exact) mass is 575 g/mol. The minimum atomic E-state index is -2.47. The lowest BCUT2D eigenvalue weighted by Gasteiger charge is -2.41. The highest BCUT2D eigenvalue weighted by Gasteiger charge is 2.52. The van der Waals surface area contributed by atoms with Crippen LogP contribution in [0.2, 0.25) is 0 Å². The summed E-state index contributed by atoms with van der Waals surface area (Å²) in [6.07, 6.45) is 6.19. The average molecular weight is 576 g/mol. The molecule has 3 N–H and O–H groups in total. The van der Waals surface area contributed by atoms with E-state index in [1.165, 1.54) is 12.1 Å². The topological polar surface area (TPSA) is 114 Å². The third kappa shape index (κ3) is 5.23. The fourth-order valence-corrected chi connectivity index (χ4v) is 7.85. The first-order valence-corrected chi connectivity index (χ1v) is 16.3. The van der Waals surface area contributed by atoms with Crippen molar-refractivity contribution >= 4 is 22.2 Å². The van der Waals surface area contributed by atoms with Crippen molar-refractivity contribution < 1.29 is 18.3 Å². The van der Waals surface area contributed by atoms with Gasteiger partial charge in [-0.25, -0.2) is 9.07 Å². The van der Waals surface area contributed by atoms with Crippen molar-refractivity contribution in [1.82, 2.24) is 15.1 Å². The number of amides is 1. The van der Waals surface area contributed by atoms with Crippen LogP contribution in [-0.2, 0) is 4.79 Å². The number of anilines is 1. The average Bonchev–Trinajstić information content (AvgIpc) is 3.88. The van der Waals surface area contributed by atoms with E-state index >= 15 is 0 Å². The molecule has 214 valence electrons. The van der Waals surface area contributed by atoms with Gasteiger partial charge in [0.1, 0.15) is 11.4 Å². The molecule has 7 rings (SSSR count). The van der Waals surface area contributed by atoms with Crippen LogP contribution in [0.5, 0.6) is 0 Å². The van der Waals surface area contributed by atoms with Crippen molar-refractivity contribution in [1.29, 1.82) is 5.26 Å². The summed E-state index contributed by atoms with van der Waals surface area (Å²) in [5, 5.41) is 17.7. The Labute approximate surface area is 240 Å². The molecule has 4 aliphatic rings. The predicted molar refractivity (Wildman–Crippen MR) is 157 cm³/mol. The Bertz CT molecular complexity index is 1500. The van der Waals surface area contributed by atoms with E-state index in [1.54, 1.807) is 16.8 Å². The summed E-state index contributed by atoms with van der Waals surface area (Å²) in [4.78, 5) is 15.8. The lowest BCUT2D eigenvalue weighted by Crippen LogP contribution is -2.43. The molecule has 0 spiro atoms. The predicted octanol–water partition coefficient (Wildman–Crippen LogP) is 5.55. The van der Waals surface area contributed by atoms with Gasteiger partial charge in [-0.2, -0.15) is 21.0 Å². The molecule has 0 bridgehead atoms. The van der Waals surface area contributed by atoms with Crippen LogP contribution in [0, 0.1) is 34.9 Å². The molecule has 10 heteroatoms. The first-order valence-electron chi connectivity index (χ1n) is 14.4. The van der Waals surface area contributed by atoms with Crippen molar-refractivity contribution in [2.75, 3.05) is 29.5 Å². The first-order chi connectivity index (χ1) is 19.7. The van der Waals surface area contributed by atoms with Crippen molar-refractivity contribution in [3.8, 4) is 22.9 Å². The number of carbonyl (C=O) groups excluding carboxylic acids is 1. The number of carbonyl (C=O) groups is 1. The molecular weight excluding hydrogens is 541 g/mol. The van der Waals surface area contributed by atoms with Gasteiger partial charge < -0.3 is 10.2 Å². The molecule has 1 amide bonds. The van der Waals surface area contributed by atoms with Crippen molar-refractivity contribution in [3.05, 3.63) is 66.2 Å². The smallest absolute Gasteiger partial charge is 0.225 e. The third-order valence-electron chi connectivity index (χ3n) is 9.44. The van der Waals surface area contributed by atoms with E-state index in [-0.39, 0.29) is 23.6 Å². The Balaban J connectivity index is 1.24. The highest BCUT2D eigenvalue weighted by atomic mass is 32.3. The van der Waals surface area contributed by atoms with E-state index in [9.17, 15) is 23.6 Å². The Morgan fingerprint density at radius 2 is 1.66 bits per heavy atom. The van der Waals surface area contributed by atoms with Gasteiger partial charge in [0.25, 0.3) is 0 Å². The van der Waals surface area contributed by atoms with Crippen molar-refractivity contribution in [2.24, 2.45) is 17.8 Å². The molecule has 41 heavy (non-hydrogen) atoms. The molecule has 4 fully saturated rings. The highest BCUT2D eigenvalue weighted by molar-refractivity contribution is 8.24. The summed E-state index contributed by atoms with van der Waals surface area (Å²) in [7, 11) is -2.47. The molecule has 2 aromatic carbocycles. The zero-order valence-corrected chi connectivity index (χ0v) is 23.6. The van der Waals surface area contributed by atoms with Crippen LogP contribution in [0.25, 0.3) is 16.8 Å². The minimum absolute atomic E-state index is 0.0481. The summed E-state index contributed by atoms with van der Waals surface area (Å²) in [6, 6.07) is 16.8. The van der Waals surface area contributed by atoms with Gasteiger partial charge in [0.2, 0.25) is 5.91 Å². The SMILES string of the molecule is N#CC1(NC(=O)[C@@H]2C[C@@H]3C[C@@H]3C[C@H]2c2nn(-c3ccc(F)cc3)cc2-c2ccc(N3CCS(O)(O)CC3)cc2)CC1. The van der Waals surface area contributed by atoms with Crippen LogP contribution >= 0.6 is 10.6 Å². The summed E-state index contributed by atoms with van der Waals surface area (Å²) >= 11 is 0. The van der Waals surface area contributed by atoms with Crippen LogP contribution < -0.4 is 10.2 Å². The van der Waals surface area contributed by atoms with Crippen LogP contribution in [0.4, 0.5) is 10.1 Å². The summed E-state index contributed by atoms with van der Waals surface area (Å²) in [6.45, 7) is 1.20. The van der Waals surface area contributed by atoms with E-state index in [1.807, 2.05) is 6.20 Å². The maximum atomic E-state index is 13.7. The Morgan fingerprint density at radius 3 is 2.32 bits per heavy atom. The molecule has 3 aliphatic carbocycles. The van der Waals surface area contributed by atoms with Gasteiger partial charge in [0.15, 0.2) is 0 Å². The van der Waals surface area contributed by atoms with Gasteiger partial charge in [0.05, 0.1) is 29.0 Å². The van der Waals surface area contributed by atoms with Crippen molar-refractivity contribution in [3.63, 3.8) is 0 Å². The lowest BCUT2D eigenvalue weighted by molar-refractivity contribution is -0.127. The Morgan fingerprint density at radius 1 is 1.00 bits per heavy atom. The van der Waals surface area contributed by atoms with Crippen LogP contribution in [0.15, 0.2) is 54.7 Å². The summed E-state index contributed by atoms with van der Waals surface area (Å²) < 4.78 is 35.5. The van der Waals surface area contributed by atoms with Gasteiger partial charge in [0, 0.05) is 42.4 Å². The highest BCUT2D eigenvalue weighted by Crippen LogP contribution is 2.57. The zero-order valence-electron chi connectivity index (χ0n) is 22.7. The first kappa shape index (κ1) is 26.5. The van der Waals surface area contributed by atoms with Gasteiger partial charge in [-0.3, -0.25) is 13.9 Å². The minimum Gasteiger partial charge on any atom is -0.368 e. The molecule has 8 nitrogen and oxygen atoms in total. The quantitative estimate of drug-likeness (QED) is 0.355. The molecule has 4 atom stereocenters. The molecule has 2 heterocycles. The van der Waals surface area contributed by atoms with E-state index in [0.29, 0.717) is 49.3 Å². The van der Waals surface area contributed by atoms with Crippen LogP contribution in [0.3, 0.4) is 0 Å². The maximum absolute atomic E-state index is 13.7. The number of nitriles is 1. The summed E-state index contributed by atoms with van der Waals surface area (Å²) in [5.74, 6) is 1.20. The van der Waals surface area contributed by atoms with E-state index < -0.39 is 16.1 Å². The lowest BCUT2D eigenvalue weighted by atomic mass is 9.75. The standard InChI is InChI=1S/C31H34FN5O3S/c32-23-3-7-25(8-4-23)37-18-28(20-1-5-24(6-2-20)36-11-13-41(39,40)14-12-36)29(35-37)26-16-21-15-22(21)17-27(26)30(38)34-31(19-33)9-10-31/h1-8,18,21-22,26-27,39-40H,9-17H2,(H,34,38)/t21-,22+,26-,27-/m1/s1. The van der Waals surface area contributed by atoms with E-state index in [0.717, 1.165) is 47.5 Å². The second kappa shape index (κ2) is 9.86. The number of halogens is 1. The second-order valence-corrected chi connectivity index (χ2v) is 14.6. The van der Waals surface area contributed by atoms with E-state index in [4.69, 9.17) is 5.10 Å². The number of aromatic nitrogens is 2. The fourth-order valence-electron chi connectivity index (χ4n) is 6.63. The van der Waals surface area contributed by atoms with Gasteiger partial charge in [-0.1, -0.05) is 12.1 Å². The maximum Gasteiger partial charge on any atom is 0.225 e. The largest absolute Gasteiger partial charge is 0.368 e. The number of hydrogen-bond donors (Lipinski definition) is 3. The third-order valence-corrected chi connectivity index (χ3v) is 11.1.